The van der Waals surface area contributed by atoms with Crippen LogP contribution >= 0.6 is 11.6 Å². The van der Waals surface area contributed by atoms with Gasteiger partial charge < -0.3 is 9.84 Å². The van der Waals surface area contributed by atoms with Crippen LogP contribution in [0.4, 0.5) is 0 Å². The summed E-state index contributed by atoms with van der Waals surface area (Å²) in [7, 11) is 0. The minimum absolute atomic E-state index is 0.0301. The van der Waals surface area contributed by atoms with Crippen molar-refractivity contribution in [3.63, 3.8) is 0 Å². The highest BCUT2D eigenvalue weighted by atomic mass is 35.5. The molecule has 2 aromatic rings. The lowest BCUT2D eigenvalue weighted by Gasteiger charge is -2.20. The maximum atomic E-state index is 5.82. The Kier molecular flexibility index (Phi) is 3.24. The Hall–Kier alpha value is -1.46. The van der Waals surface area contributed by atoms with E-state index in [1.165, 1.54) is 0 Å². The number of halogens is 1. The van der Waals surface area contributed by atoms with Crippen molar-refractivity contribution in [2.45, 2.75) is 25.2 Å². The molecule has 3 heterocycles. The number of nitrogens with zero attached hydrogens (tertiary/aromatic N) is 3. The molecule has 0 radical (unpaired) electrons. The van der Waals surface area contributed by atoms with Crippen molar-refractivity contribution in [2.75, 3.05) is 13.1 Å². The first-order valence-electron chi connectivity index (χ1n) is 6.40. The average Bonchev–Trinajstić information content (AvgIpc) is 3.09. The van der Waals surface area contributed by atoms with Gasteiger partial charge in [-0.2, -0.15) is 4.98 Å². The Morgan fingerprint density at radius 2 is 2.37 bits per heavy atom. The summed E-state index contributed by atoms with van der Waals surface area (Å²) in [6, 6.07) is 3.56. The summed E-state index contributed by atoms with van der Waals surface area (Å²) in [6.45, 7) is 4.03. The number of nitrogens with one attached hydrogen (secondary N) is 1. The Labute approximate surface area is 116 Å². The lowest BCUT2D eigenvalue weighted by Crippen LogP contribution is -2.28. The van der Waals surface area contributed by atoms with E-state index in [1.807, 2.05) is 0 Å². The van der Waals surface area contributed by atoms with Crippen molar-refractivity contribution < 1.29 is 4.52 Å². The zero-order chi connectivity index (χ0) is 13.3. The monoisotopic (exact) mass is 278 g/mol. The third kappa shape index (κ3) is 2.24. The summed E-state index contributed by atoms with van der Waals surface area (Å²) >= 11 is 5.82. The van der Waals surface area contributed by atoms with E-state index in [0.29, 0.717) is 22.4 Å². The molecule has 0 saturated carbocycles. The topological polar surface area (TPSA) is 63.8 Å². The van der Waals surface area contributed by atoms with Gasteiger partial charge in [-0.1, -0.05) is 23.7 Å². The van der Waals surface area contributed by atoms with Crippen molar-refractivity contribution in [1.29, 1.82) is 0 Å². The SMILES string of the molecule is CCC1(c2nc(-c3ccc(Cl)cn3)no2)CCNC1. The number of hydrogen-bond donors (Lipinski definition) is 1. The normalized spacial score (nSPS) is 22.8. The summed E-state index contributed by atoms with van der Waals surface area (Å²) in [4.78, 5) is 8.72. The highest BCUT2D eigenvalue weighted by molar-refractivity contribution is 6.30. The fourth-order valence-electron chi connectivity index (χ4n) is 2.43. The van der Waals surface area contributed by atoms with E-state index in [9.17, 15) is 0 Å². The maximum absolute atomic E-state index is 5.82. The van der Waals surface area contributed by atoms with Crippen LogP contribution in [0.15, 0.2) is 22.9 Å². The number of pyridine rings is 1. The van der Waals surface area contributed by atoms with Crippen molar-refractivity contribution in [1.82, 2.24) is 20.4 Å². The second kappa shape index (κ2) is 4.90. The molecular formula is C13H15ClN4O. The summed E-state index contributed by atoms with van der Waals surface area (Å²) in [5.41, 5.74) is 0.647. The molecule has 1 unspecified atom stereocenters. The van der Waals surface area contributed by atoms with Gasteiger partial charge in [-0.05, 0) is 31.5 Å². The van der Waals surface area contributed by atoms with Gasteiger partial charge in [-0.3, -0.25) is 4.98 Å². The van der Waals surface area contributed by atoms with E-state index in [2.05, 4.69) is 27.4 Å². The molecule has 19 heavy (non-hydrogen) atoms. The average molecular weight is 279 g/mol. The van der Waals surface area contributed by atoms with E-state index in [-0.39, 0.29) is 5.41 Å². The van der Waals surface area contributed by atoms with Crippen LogP contribution in [-0.2, 0) is 5.41 Å². The smallest absolute Gasteiger partial charge is 0.234 e. The van der Waals surface area contributed by atoms with E-state index in [1.54, 1.807) is 18.3 Å². The van der Waals surface area contributed by atoms with Gasteiger partial charge in [0.25, 0.3) is 0 Å². The minimum Gasteiger partial charge on any atom is -0.338 e. The van der Waals surface area contributed by atoms with E-state index >= 15 is 0 Å². The van der Waals surface area contributed by atoms with Crippen LogP contribution in [0.25, 0.3) is 11.5 Å². The lowest BCUT2D eigenvalue weighted by atomic mass is 9.84. The zero-order valence-corrected chi connectivity index (χ0v) is 11.4. The van der Waals surface area contributed by atoms with E-state index < -0.39 is 0 Å². The van der Waals surface area contributed by atoms with Gasteiger partial charge in [0.05, 0.1) is 10.4 Å². The molecule has 1 atom stereocenters. The predicted molar refractivity (Wildman–Crippen MR) is 72.0 cm³/mol. The Morgan fingerprint density at radius 1 is 1.47 bits per heavy atom. The number of hydrogen-bond acceptors (Lipinski definition) is 5. The second-order valence-electron chi connectivity index (χ2n) is 4.85. The van der Waals surface area contributed by atoms with Crippen LogP contribution in [0.2, 0.25) is 5.02 Å². The zero-order valence-electron chi connectivity index (χ0n) is 10.7. The molecule has 0 bridgehead atoms. The molecule has 5 nitrogen and oxygen atoms in total. The van der Waals surface area contributed by atoms with E-state index in [4.69, 9.17) is 16.1 Å². The summed E-state index contributed by atoms with van der Waals surface area (Å²) in [5.74, 6) is 1.22. The number of aromatic nitrogens is 3. The predicted octanol–water partition coefficient (Wildman–Crippen LogP) is 2.43. The molecule has 100 valence electrons. The summed E-state index contributed by atoms with van der Waals surface area (Å²) < 4.78 is 5.45. The van der Waals surface area contributed by atoms with Crippen molar-refractivity contribution in [3.05, 3.63) is 29.2 Å². The molecule has 1 N–H and O–H groups in total. The molecule has 0 amide bonds. The van der Waals surface area contributed by atoms with Gasteiger partial charge >= 0.3 is 0 Å². The van der Waals surface area contributed by atoms with Gasteiger partial charge in [0, 0.05) is 12.7 Å². The number of rotatable bonds is 3. The van der Waals surface area contributed by atoms with Gasteiger partial charge in [0.2, 0.25) is 11.7 Å². The standard InChI is InChI=1S/C13H15ClN4O/c1-2-13(5-6-15-8-13)12-17-11(18-19-12)10-4-3-9(14)7-16-10/h3-4,7,15H,2,5-6,8H2,1H3. The van der Waals surface area contributed by atoms with Gasteiger partial charge in [-0.15, -0.1) is 0 Å². The minimum atomic E-state index is -0.0301. The van der Waals surface area contributed by atoms with E-state index in [0.717, 1.165) is 25.9 Å². The first-order chi connectivity index (χ1) is 9.23. The molecule has 1 fully saturated rings. The Balaban J connectivity index is 1.92. The van der Waals surface area contributed by atoms with Crippen LogP contribution < -0.4 is 5.32 Å². The highest BCUT2D eigenvalue weighted by Crippen LogP contribution is 2.33. The fourth-order valence-corrected chi connectivity index (χ4v) is 2.54. The van der Waals surface area contributed by atoms with Crippen LogP contribution in [0, 0.1) is 0 Å². The summed E-state index contributed by atoms with van der Waals surface area (Å²) in [5, 5.41) is 7.99. The van der Waals surface area contributed by atoms with Crippen LogP contribution in [0.3, 0.4) is 0 Å². The van der Waals surface area contributed by atoms with Crippen LogP contribution in [0.5, 0.6) is 0 Å². The van der Waals surface area contributed by atoms with Crippen molar-refractivity contribution in [2.24, 2.45) is 0 Å². The molecule has 1 saturated heterocycles. The first-order valence-corrected chi connectivity index (χ1v) is 6.78. The van der Waals surface area contributed by atoms with Crippen LogP contribution in [-0.4, -0.2) is 28.2 Å². The molecule has 2 aromatic heterocycles. The molecular weight excluding hydrogens is 264 g/mol. The van der Waals surface area contributed by atoms with Gasteiger partial charge in [0.15, 0.2) is 0 Å². The molecule has 0 aromatic carbocycles. The Morgan fingerprint density at radius 3 is 3.00 bits per heavy atom. The first kappa shape index (κ1) is 12.6. The second-order valence-corrected chi connectivity index (χ2v) is 5.28. The van der Waals surface area contributed by atoms with Gasteiger partial charge in [-0.25, -0.2) is 0 Å². The van der Waals surface area contributed by atoms with Crippen molar-refractivity contribution >= 4 is 11.6 Å². The third-order valence-corrected chi connectivity index (χ3v) is 3.98. The molecule has 1 aliphatic rings. The Bertz CT molecular complexity index is 560. The largest absolute Gasteiger partial charge is 0.338 e. The molecule has 0 aliphatic carbocycles. The molecule has 3 rings (SSSR count). The molecule has 0 spiro atoms. The highest BCUT2D eigenvalue weighted by Gasteiger charge is 2.39. The quantitative estimate of drug-likeness (QED) is 0.934. The van der Waals surface area contributed by atoms with Gasteiger partial charge in [0.1, 0.15) is 5.69 Å². The van der Waals surface area contributed by atoms with Crippen LogP contribution in [0.1, 0.15) is 25.7 Å². The lowest BCUT2D eigenvalue weighted by molar-refractivity contribution is 0.285. The molecule has 6 heteroatoms. The molecule has 1 aliphatic heterocycles. The third-order valence-electron chi connectivity index (χ3n) is 3.76. The fraction of sp³-hybridized carbons (Fsp3) is 0.462. The van der Waals surface area contributed by atoms with Crippen molar-refractivity contribution in [3.8, 4) is 11.5 Å². The summed E-state index contributed by atoms with van der Waals surface area (Å²) in [6.07, 6.45) is 3.59. The maximum Gasteiger partial charge on any atom is 0.234 e.